The van der Waals surface area contributed by atoms with Crippen molar-refractivity contribution in [3.63, 3.8) is 0 Å². The van der Waals surface area contributed by atoms with Crippen molar-refractivity contribution in [2.45, 2.75) is 13.0 Å². The Morgan fingerprint density at radius 2 is 1.95 bits per heavy atom. The quantitative estimate of drug-likeness (QED) is 0.675. The van der Waals surface area contributed by atoms with Crippen LogP contribution in [0.15, 0.2) is 18.2 Å². The predicted octanol–water partition coefficient (Wildman–Crippen LogP) is 1.79. The van der Waals surface area contributed by atoms with E-state index in [0.29, 0.717) is 25.5 Å². The number of nitrogens with one attached hydrogen (secondary N) is 1. The van der Waals surface area contributed by atoms with Crippen LogP contribution in [0.3, 0.4) is 0 Å². The molecule has 0 aromatic heterocycles. The number of rotatable bonds is 9. The van der Waals surface area contributed by atoms with E-state index >= 15 is 0 Å². The molecular weight excluding hydrogens is 256 g/mol. The second kappa shape index (κ2) is 8.79. The fourth-order valence-corrected chi connectivity index (χ4v) is 1.38. The van der Waals surface area contributed by atoms with E-state index in [0.717, 1.165) is 12.1 Å². The third kappa shape index (κ3) is 6.47. The Balaban J connectivity index is 2.18. The third-order valence-electron chi connectivity index (χ3n) is 2.35. The van der Waals surface area contributed by atoms with Gasteiger partial charge in [0.1, 0.15) is 0 Å². The summed E-state index contributed by atoms with van der Waals surface area (Å²) in [6, 6.07) is 3.47. The average molecular weight is 275 g/mol. The van der Waals surface area contributed by atoms with Crippen LogP contribution >= 0.6 is 0 Å². The van der Waals surface area contributed by atoms with E-state index in [9.17, 15) is 13.9 Å². The van der Waals surface area contributed by atoms with Crippen molar-refractivity contribution in [2.24, 2.45) is 0 Å². The lowest BCUT2D eigenvalue weighted by atomic mass is 10.3. The number of benzene rings is 1. The van der Waals surface area contributed by atoms with Gasteiger partial charge in [-0.05, 0) is 19.1 Å². The van der Waals surface area contributed by atoms with Gasteiger partial charge in [-0.15, -0.1) is 0 Å². The SMILES string of the molecule is CCOCCOCC(O)CNc1ccc(F)c(F)c1. The molecule has 0 aliphatic rings. The van der Waals surface area contributed by atoms with Crippen LogP contribution in [0.1, 0.15) is 6.92 Å². The largest absolute Gasteiger partial charge is 0.389 e. The summed E-state index contributed by atoms with van der Waals surface area (Å²) < 4.78 is 35.8. The molecule has 0 fully saturated rings. The van der Waals surface area contributed by atoms with E-state index in [1.165, 1.54) is 6.07 Å². The van der Waals surface area contributed by atoms with Crippen molar-refractivity contribution in [3.05, 3.63) is 29.8 Å². The first-order chi connectivity index (χ1) is 9.13. The minimum Gasteiger partial charge on any atom is -0.389 e. The molecule has 4 nitrogen and oxygen atoms in total. The molecule has 1 aromatic rings. The van der Waals surface area contributed by atoms with Crippen molar-refractivity contribution in [2.75, 3.05) is 38.3 Å². The van der Waals surface area contributed by atoms with Gasteiger partial charge < -0.3 is 19.9 Å². The van der Waals surface area contributed by atoms with E-state index in [-0.39, 0.29) is 13.2 Å². The van der Waals surface area contributed by atoms with Crippen LogP contribution in [0.5, 0.6) is 0 Å². The van der Waals surface area contributed by atoms with E-state index in [2.05, 4.69) is 5.32 Å². The number of aliphatic hydroxyl groups excluding tert-OH is 1. The maximum absolute atomic E-state index is 12.9. The van der Waals surface area contributed by atoms with Gasteiger partial charge in [0.15, 0.2) is 11.6 Å². The number of halogens is 2. The molecule has 19 heavy (non-hydrogen) atoms. The zero-order chi connectivity index (χ0) is 14.1. The Hall–Kier alpha value is -1.24. The van der Waals surface area contributed by atoms with Crippen LogP contribution in [-0.2, 0) is 9.47 Å². The molecule has 0 aliphatic heterocycles. The highest BCUT2D eigenvalue weighted by Crippen LogP contribution is 2.12. The zero-order valence-corrected chi connectivity index (χ0v) is 10.9. The average Bonchev–Trinajstić information content (AvgIpc) is 2.40. The highest BCUT2D eigenvalue weighted by Gasteiger charge is 2.06. The summed E-state index contributed by atoms with van der Waals surface area (Å²) in [6.07, 6.45) is -0.727. The number of aliphatic hydroxyl groups is 1. The first-order valence-electron chi connectivity index (χ1n) is 6.16. The van der Waals surface area contributed by atoms with Crippen molar-refractivity contribution >= 4 is 5.69 Å². The maximum Gasteiger partial charge on any atom is 0.160 e. The molecule has 108 valence electrons. The van der Waals surface area contributed by atoms with Crippen molar-refractivity contribution in [1.82, 2.24) is 0 Å². The summed E-state index contributed by atoms with van der Waals surface area (Å²) in [5.74, 6) is -1.82. The first kappa shape index (κ1) is 15.8. The first-order valence-corrected chi connectivity index (χ1v) is 6.16. The number of ether oxygens (including phenoxy) is 2. The molecule has 6 heteroatoms. The van der Waals surface area contributed by atoms with E-state index in [4.69, 9.17) is 9.47 Å². The van der Waals surface area contributed by atoms with Crippen LogP contribution in [0.25, 0.3) is 0 Å². The molecule has 0 aliphatic carbocycles. The van der Waals surface area contributed by atoms with Gasteiger partial charge in [-0.3, -0.25) is 0 Å². The second-order valence-electron chi connectivity index (χ2n) is 3.94. The summed E-state index contributed by atoms with van der Waals surface area (Å²) in [5, 5.41) is 12.4. The van der Waals surface area contributed by atoms with E-state index < -0.39 is 17.7 Å². The van der Waals surface area contributed by atoms with Gasteiger partial charge in [-0.1, -0.05) is 0 Å². The molecule has 0 bridgehead atoms. The zero-order valence-electron chi connectivity index (χ0n) is 10.9. The molecule has 0 saturated heterocycles. The summed E-state index contributed by atoms with van der Waals surface area (Å²) >= 11 is 0. The Kier molecular flexibility index (Phi) is 7.32. The molecule has 0 saturated carbocycles. The smallest absolute Gasteiger partial charge is 0.160 e. The van der Waals surface area contributed by atoms with Gasteiger partial charge in [0.2, 0.25) is 0 Å². The minimum atomic E-state index is -0.924. The molecule has 2 N–H and O–H groups in total. The fourth-order valence-electron chi connectivity index (χ4n) is 1.38. The third-order valence-corrected chi connectivity index (χ3v) is 2.35. The van der Waals surface area contributed by atoms with Crippen molar-refractivity contribution in [1.29, 1.82) is 0 Å². The monoisotopic (exact) mass is 275 g/mol. The lowest BCUT2D eigenvalue weighted by Gasteiger charge is -2.13. The molecule has 0 spiro atoms. The predicted molar refractivity (Wildman–Crippen MR) is 68.2 cm³/mol. The van der Waals surface area contributed by atoms with Crippen molar-refractivity contribution < 1.29 is 23.4 Å². The maximum atomic E-state index is 12.9. The summed E-state index contributed by atoms with van der Waals surface area (Å²) in [5.41, 5.74) is 0.410. The number of anilines is 1. The van der Waals surface area contributed by atoms with Crippen LogP contribution in [0.4, 0.5) is 14.5 Å². The minimum absolute atomic E-state index is 0.156. The Labute approximate surface area is 111 Å². The van der Waals surface area contributed by atoms with E-state index in [1.807, 2.05) is 6.92 Å². The van der Waals surface area contributed by atoms with Gasteiger partial charge in [-0.25, -0.2) is 8.78 Å². The number of hydrogen-bond acceptors (Lipinski definition) is 4. The van der Waals surface area contributed by atoms with Crippen LogP contribution in [-0.4, -0.2) is 44.2 Å². The fraction of sp³-hybridized carbons (Fsp3) is 0.538. The summed E-state index contributed by atoms with van der Waals surface area (Å²) in [6.45, 7) is 3.77. The normalized spacial score (nSPS) is 12.4. The molecule has 1 atom stereocenters. The van der Waals surface area contributed by atoms with Crippen molar-refractivity contribution in [3.8, 4) is 0 Å². The topological polar surface area (TPSA) is 50.7 Å². The van der Waals surface area contributed by atoms with Crippen LogP contribution in [0.2, 0.25) is 0 Å². The Bertz CT molecular complexity index is 377. The molecule has 0 amide bonds. The lowest BCUT2D eigenvalue weighted by Crippen LogP contribution is -2.25. The Morgan fingerprint density at radius 3 is 2.63 bits per heavy atom. The highest BCUT2D eigenvalue weighted by molar-refractivity contribution is 5.43. The van der Waals surface area contributed by atoms with Gasteiger partial charge in [0.25, 0.3) is 0 Å². The molecule has 1 unspecified atom stereocenters. The summed E-state index contributed by atoms with van der Waals surface area (Å²) in [4.78, 5) is 0. The molecular formula is C13H19F2NO3. The van der Waals surface area contributed by atoms with Crippen LogP contribution in [0, 0.1) is 11.6 Å². The molecule has 1 rings (SSSR count). The van der Waals surface area contributed by atoms with E-state index in [1.54, 1.807) is 0 Å². The lowest BCUT2D eigenvalue weighted by molar-refractivity contribution is 0.0103. The van der Waals surface area contributed by atoms with Gasteiger partial charge in [0.05, 0.1) is 25.9 Å². The second-order valence-corrected chi connectivity index (χ2v) is 3.94. The molecule has 0 radical (unpaired) electrons. The number of hydrogen-bond donors (Lipinski definition) is 2. The highest BCUT2D eigenvalue weighted by atomic mass is 19.2. The standard InChI is InChI=1S/C13H19F2NO3/c1-2-18-5-6-19-9-11(17)8-16-10-3-4-12(14)13(15)7-10/h3-4,7,11,16-17H,2,5-6,8-9H2,1H3. The van der Waals surface area contributed by atoms with Gasteiger partial charge >= 0.3 is 0 Å². The van der Waals surface area contributed by atoms with Gasteiger partial charge in [0, 0.05) is 24.9 Å². The van der Waals surface area contributed by atoms with Gasteiger partial charge in [-0.2, -0.15) is 0 Å². The van der Waals surface area contributed by atoms with Crippen LogP contribution < -0.4 is 5.32 Å². The summed E-state index contributed by atoms with van der Waals surface area (Å²) in [7, 11) is 0. The molecule has 1 aromatic carbocycles. The Morgan fingerprint density at radius 1 is 1.21 bits per heavy atom. The molecule has 0 heterocycles.